The van der Waals surface area contributed by atoms with Crippen molar-refractivity contribution in [2.24, 2.45) is 0 Å². The summed E-state index contributed by atoms with van der Waals surface area (Å²) in [6, 6.07) is 12.5. The maximum atomic E-state index is 13.6. The van der Waals surface area contributed by atoms with Gasteiger partial charge < -0.3 is 10.2 Å². The first kappa shape index (κ1) is 21.8. The van der Waals surface area contributed by atoms with Gasteiger partial charge in [-0.1, -0.05) is 25.1 Å². The highest BCUT2D eigenvalue weighted by Crippen LogP contribution is 2.23. The second-order valence-corrected chi connectivity index (χ2v) is 9.59. The summed E-state index contributed by atoms with van der Waals surface area (Å²) in [5.74, 6) is -0.678. The van der Waals surface area contributed by atoms with Crippen molar-refractivity contribution in [1.82, 2.24) is 9.21 Å². The third-order valence-corrected chi connectivity index (χ3v) is 7.67. The molecule has 3 rings (SSSR count). The number of carbonyl (C=O) groups excluding carboxylic acids is 1. The minimum absolute atomic E-state index is 0.0247. The van der Waals surface area contributed by atoms with E-state index in [2.05, 4.69) is 17.1 Å². The summed E-state index contributed by atoms with van der Waals surface area (Å²) in [6.45, 7) is 5.28. The first-order valence-electron chi connectivity index (χ1n) is 9.40. The molecule has 1 heterocycles. The standard InChI is InChI=1S/C20H24FN3O3S2/c1-2-23-10-12-24(13-11-23)29(26,27)17-7-5-6-16(14-17)22-20(25)15-28-19-9-4-3-8-18(19)21/h3-9,14H,2,10-13,15H2,1H3,(H,22,25). The Balaban J connectivity index is 1.63. The van der Waals surface area contributed by atoms with Gasteiger partial charge in [-0.25, -0.2) is 12.8 Å². The van der Waals surface area contributed by atoms with Crippen LogP contribution in [-0.4, -0.2) is 62.0 Å². The molecule has 1 aliphatic heterocycles. The molecule has 2 aromatic carbocycles. The third-order valence-electron chi connectivity index (χ3n) is 4.73. The molecule has 0 atom stereocenters. The van der Waals surface area contributed by atoms with Gasteiger partial charge in [-0.3, -0.25) is 4.79 Å². The lowest BCUT2D eigenvalue weighted by molar-refractivity contribution is -0.113. The van der Waals surface area contributed by atoms with Crippen LogP contribution < -0.4 is 5.32 Å². The van der Waals surface area contributed by atoms with Gasteiger partial charge in [0.2, 0.25) is 15.9 Å². The van der Waals surface area contributed by atoms with Crippen LogP contribution in [0.5, 0.6) is 0 Å². The molecule has 0 radical (unpaired) electrons. The molecular formula is C20H24FN3O3S2. The van der Waals surface area contributed by atoms with Crippen molar-refractivity contribution in [1.29, 1.82) is 0 Å². The predicted molar refractivity (Wildman–Crippen MR) is 113 cm³/mol. The molecule has 0 spiro atoms. The largest absolute Gasteiger partial charge is 0.325 e. The zero-order valence-electron chi connectivity index (χ0n) is 16.2. The Morgan fingerprint density at radius 3 is 2.52 bits per heavy atom. The molecule has 9 heteroatoms. The molecule has 1 saturated heterocycles. The highest BCUT2D eigenvalue weighted by Gasteiger charge is 2.28. The third kappa shape index (κ3) is 5.57. The molecule has 0 aliphatic carbocycles. The molecule has 156 valence electrons. The minimum atomic E-state index is -3.61. The zero-order valence-corrected chi connectivity index (χ0v) is 17.8. The van der Waals surface area contributed by atoms with Crippen molar-refractivity contribution in [2.75, 3.05) is 43.8 Å². The number of nitrogens with one attached hydrogen (secondary N) is 1. The Labute approximate surface area is 175 Å². The van der Waals surface area contributed by atoms with Crippen LogP contribution in [0.2, 0.25) is 0 Å². The number of nitrogens with zero attached hydrogens (tertiary/aromatic N) is 2. The van der Waals surface area contributed by atoms with E-state index in [4.69, 9.17) is 0 Å². The molecule has 29 heavy (non-hydrogen) atoms. The van der Waals surface area contributed by atoms with Crippen LogP contribution in [0.15, 0.2) is 58.3 Å². The fourth-order valence-corrected chi connectivity index (χ4v) is 5.28. The fraction of sp³-hybridized carbons (Fsp3) is 0.350. The lowest BCUT2D eigenvalue weighted by Gasteiger charge is -2.33. The Morgan fingerprint density at radius 1 is 1.10 bits per heavy atom. The number of likely N-dealkylation sites (N-methyl/N-ethyl adjacent to an activating group) is 1. The van der Waals surface area contributed by atoms with Crippen LogP contribution in [0.25, 0.3) is 0 Å². The van der Waals surface area contributed by atoms with E-state index in [0.29, 0.717) is 36.8 Å². The van der Waals surface area contributed by atoms with Crippen LogP contribution in [-0.2, 0) is 14.8 Å². The SMILES string of the molecule is CCN1CCN(S(=O)(=O)c2cccc(NC(=O)CSc3ccccc3F)c2)CC1. The predicted octanol–water partition coefficient (Wildman–Crippen LogP) is 2.88. The number of hydrogen-bond acceptors (Lipinski definition) is 5. The minimum Gasteiger partial charge on any atom is -0.325 e. The maximum Gasteiger partial charge on any atom is 0.243 e. The van der Waals surface area contributed by atoms with E-state index in [9.17, 15) is 17.6 Å². The van der Waals surface area contributed by atoms with E-state index < -0.39 is 10.0 Å². The Kier molecular flexibility index (Phi) is 7.28. The number of sulfonamides is 1. The molecule has 0 bridgehead atoms. The van der Waals surface area contributed by atoms with Crippen LogP contribution >= 0.6 is 11.8 Å². The van der Waals surface area contributed by atoms with Crippen molar-refractivity contribution >= 4 is 33.4 Å². The number of hydrogen-bond donors (Lipinski definition) is 1. The summed E-state index contributed by atoms with van der Waals surface area (Å²) in [4.78, 5) is 15.0. The molecule has 6 nitrogen and oxygen atoms in total. The fourth-order valence-electron chi connectivity index (χ4n) is 3.07. The van der Waals surface area contributed by atoms with Gasteiger partial charge in [0.25, 0.3) is 0 Å². The van der Waals surface area contributed by atoms with Crippen molar-refractivity contribution in [3.63, 3.8) is 0 Å². The zero-order chi connectivity index (χ0) is 20.9. The molecule has 1 amide bonds. The van der Waals surface area contributed by atoms with Gasteiger partial charge in [0.1, 0.15) is 5.82 Å². The summed E-state index contributed by atoms with van der Waals surface area (Å²) in [5.41, 5.74) is 0.400. The quantitative estimate of drug-likeness (QED) is 0.675. The normalized spacial score (nSPS) is 15.9. The molecule has 0 unspecified atom stereocenters. The molecule has 1 fully saturated rings. The van der Waals surface area contributed by atoms with E-state index in [0.717, 1.165) is 18.3 Å². The first-order valence-corrected chi connectivity index (χ1v) is 11.8. The second-order valence-electron chi connectivity index (χ2n) is 6.63. The first-order chi connectivity index (χ1) is 13.9. The van der Waals surface area contributed by atoms with E-state index in [-0.39, 0.29) is 22.4 Å². The molecule has 0 saturated carbocycles. The summed E-state index contributed by atoms with van der Waals surface area (Å²) in [6.07, 6.45) is 0. The van der Waals surface area contributed by atoms with Gasteiger partial charge in [0.15, 0.2) is 0 Å². The van der Waals surface area contributed by atoms with Gasteiger partial charge in [-0.05, 0) is 36.9 Å². The average molecular weight is 438 g/mol. The number of rotatable bonds is 7. The number of halogens is 1. The van der Waals surface area contributed by atoms with E-state index in [1.807, 2.05) is 0 Å². The number of amides is 1. The summed E-state index contributed by atoms with van der Waals surface area (Å²) in [7, 11) is -3.61. The van der Waals surface area contributed by atoms with E-state index >= 15 is 0 Å². The molecule has 0 aromatic heterocycles. The van der Waals surface area contributed by atoms with E-state index in [1.165, 1.54) is 22.5 Å². The summed E-state index contributed by atoms with van der Waals surface area (Å²) >= 11 is 1.09. The van der Waals surface area contributed by atoms with Gasteiger partial charge in [0.05, 0.1) is 10.6 Å². The number of piperazine rings is 1. The number of anilines is 1. The van der Waals surface area contributed by atoms with Crippen molar-refractivity contribution in [3.05, 3.63) is 54.3 Å². The monoisotopic (exact) mass is 437 g/mol. The Morgan fingerprint density at radius 2 is 1.83 bits per heavy atom. The molecule has 1 N–H and O–H groups in total. The smallest absolute Gasteiger partial charge is 0.243 e. The van der Waals surface area contributed by atoms with Crippen LogP contribution in [0.3, 0.4) is 0 Å². The van der Waals surface area contributed by atoms with Gasteiger partial charge in [-0.2, -0.15) is 4.31 Å². The highest BCUT2D eigenvalue weighted by atomic mass is 32.2. The number of carbonyl (C=O) groups is 1. The second kappa shape index (κ2) is 9.71. The lowest BCUT2D eigenvalue weighted by atomic mass is 10.3. The highest BCUT2D eigenvalue weighted by molar-refractivity contribution is 8.00. The Bertz CT molecular complexity index is 961. The molecule has 2 aromatic rings. The Hall–Kier alpha value is -1.94. The van der Waals surface area contributed by atoms with Crippen LogP contribution in [0.1, 0.15) is 6.92 Å². The number of thioether (sulfide) groups is 1. The molecule has 1 aliphatic rings. The van der Waals surface area contributed by atoms with Crippen molar-refractivity contribution < 1.29 is 17.6 Å². The van der Waals surface area contributed by atoms with Gasteiger partial charge >= 0.3 is 0 Å². The lowest BCUT2D eigenvalue weighted by Crippen LogP contribution is -2.48. The maximum absolute atomic E-state index is 13.6. The van der Waals surface area contributed by atoms with Gasteiger partial charge in [-0.15, -0.1) is 11.8 Å². The van der Waals surface area contributed by atoms with Gasteiger partial charge in [0, 0.05) is 36.8 Å². The van der Waals surface area contributed by atoms with Crippen molar-refractivity contribution in [2.45, 2.75) is 16.7 Å². The molecular weight excluding hydrogens is 413 g/mol. The topological polar surface area (TPSA) is 69.7 Å². The number of benzene rings is 2. The van der Waals surface area contributed by atoms with E-state index in [1.54, 1.807) is 30.3 Å². The van der Waals surface area contributed by atoms with Crippen LogP contribution in [0.4, 0.5) is 10.1 Å². The summed E-state index contributed by atoms with van der Waals surface area (Å²) < 4.78 is 41.0. The van der Waals surface area contributed by atoms with Crippen LogP contribution in [0, 0.1) is 5.82 Å². The summed E-state index contributed by atoms with van der Waals surface area (Å²) in [5, 5.41) is 2.69. The average Bonchev–Trinajstić information content (AvgIpc) is 2.73. The van der Waals surface area contributed by atoms with Crippen molar-refractivity contribution in [3.8, 4) is 0 Å².